The van der Waals surface area contributed by atoms with Gasteiger partial charge in [-0.1, -0.05) is 6.07 Å². The Balaban J connectivity index is 2.31. The number of carbonyl (C=O) groups excluding carboxylic acids is 1. The average Bonchev–Trinajstić information content (AvgIpc) is 2.46. The van der Waals surface area contributed by atoms with Crippen molar-refractivity contribution in [3.05, 3.63) is 47.8 Å². The first-order valence-electron chi connectivity index (χ1n) is 7.63. The zero-order valence-corrected chi connectivity index (χ0v) is 14.4. The van der Waals surface area contributed by atoms with E-state index in [0.717, 1.165) is 6.07 Å². The maximum atomic E-state index is 14.0. The molecule has 0 unspecified atom stereocenters. The van der Waals surface area contributed by atoms with Gasteiger partial charge in [-0.3, -0.25) is 5.32 Å². The van der Waals surface area contributed by atoms with E-state index in [-0.39, 0.29) is 22.5 Å². The highest BCUT2D eigenvalue weighted by Gasteiger charge is 2.31. The quantitative estimate of drug-likeness (QED) is 0.546. The predicted octanol–water partition coefficient (Wildman–Crippen LogP) is 5.44. The summed E-state index contributed by atoms with van der Waals surface area (Å²) in [6.07, 6.45) is -5.33. The first-order chi connectivity index (χ1) is 11.9. The first kappa shape index (κ1) is 19.6. The van der Waals surface area contributed by atoms with E-state index in [4.69, 9.17) is 10.5 Å². The van der Waals surface area contributed by atoms with Gasteiger partial charge in [0.15, 0.2) is 0 Å². The van der Waals surface area contributed by atoms with Crippen LogP contribution in [0.2, 0.25) is 0 Å². The summed E-state index contributed by atoms with van der Waals surface area (Å²) in [6.45, 7) is 5.07. The molecule has 2 aromatic carbocycles. The fourth-order valence-corrected chi connectivity index (χ4v) is 2.18. The van der Waals surface area contributed by atoms with Gasteiger partial charge in [-0.25, -0.2) is 9.18 Å². The second-order valence-electron chi connectivity index (χ2n) is 6.62. The van der Waals surface area contributed by atoms with Crippen LogP contribution in [0.1, 0.15) is 26.3 Å². The van der Waals surface area contributed by atoms with Gasteiger partial charge in [-0.15, -0.1) is 0 Å². The summed E-state index contributed by atoms with van der Waals surface area (Å²) in [7, 11) is 0. The fraction of sp³-hybridized carbons (Fsp3) is 0.278. The number of nitrogens with one attached hydrogen (secondary N) is 1. The molecule has 0 aromatic heterocycles. The summed E-state index contributed by atoms with van der Waals surface area (Å²) in [5.74, 6) is -0.815. The van der Waals surface area contributed by atoms with E-state index in [1.54, 1.807) is 20.8 Å². The van der Waals surface area contributed by atoms with Crippen LogP contribution in [-0.4, -0.2) is 11.7 Å². The maximum Gasteiger partial charge on any atom is 0.416 e. The van der Waals surface area contributed by atoms with Gasteiger partial charge in [-0.05, 0) is 56.7 Å². The highest BCUT2D eigenvalue weighted by Crippen LogP contribution is 2.35. The Morgan fingerprint density at radius 3 is 2.27 bits per heavy atom. The highest BCUT2D eigenvalue weighted by molar-refractivity contribution is 5.90. The van der Waals surface area contributed by atoms with Gasteiger partial charge in [0, 0.05) is 5.56 Å². The van der Waals surface area contributed by atoms with Crippen molar-refractivity contribution >= 4 is 17.5 Å². The Hall–Kier alpha value is -2.77. The molecule has 0 saturated carbocycles. The molecule has 0 heterocycles. The average molecular weight is 370 g/mol. The predicted molar refractivity (Wildman–Crippen MR) is 91.1 cm³/mol. The number of hydrogen-bond donors (Lipinski definition) is 2. The number of amides is 1. The molecule has 0 aliphatic rings. The third kappa shape index (κ3) is 4.87. The molecule has 0 spiro atoms. The number of nitrogen functional groups attached to an aromatic ring is 1. The van der Waals surface area contributed by atoms with Crippen molar-refractivity contribution in [2.45, 2.75) is 32.5 Å². The number of benzene rings is 2. The molecule has 2 aromatic rings. The normalized spacial score (nSPS) is 12.0. The van der Waals surface area contributed by atoms with E-state index in [1.165, 1.54) is 18.2 Å². The topological polar surface area (TPSA) is 64.3 Å². The van der Waals surface area contributed by atoms with Crippen molar-refractivity contribution in [2.75, 3.05) is 11.1 Å². The third-order valence-electron chi connectivity index (χ3n) is 3.29. The minimum absolute atomic E-state index is 0.0603. The smallest absolute Gasteiger partial charge is 0.416 e. The zero-order chi connectivity index (χ0) is 19.7. The SMILES string of the molecule is CC(C)(C)OC(=O)Nc1ccc(-c2cc(C(F)(F)F)ccc2F)cc1N. The Morgan fingerprint density at radius 1 is 1.08 bits per heavy atom. The molecule has 26 heavy (non-hydrogen) atoms. The summed E-state index contributed by atoms with van der Waals surface area (Å²) in [6, 6.07) is 6.15. The fourth-order valence-electron chi connectivity index (χ4n) is 2.18. The van der Waals surface area contributed by atoms with Crippen LogP contribution in [0.3, 0.4) is 0 Å². The summed E-state index contributed by atoms with van der Waals surface area (Å²) >= 11 is 0. The zero-order valence-electron chi connectivity index (χ0n) is 14.4. The summed E-state index contributed by atoms with van der Waals surface area (Å²) in [5, 5.41) is 2.44. The largest absolute Gasteiger partial charge is 0.444 e. The molecule has 0 bridgehead atoms. The number of hydrogen-bond acceptors (Lipinski definition) is 3. The van der Waals surface area contributed by atoms with Gasteiger partial charge < -0.3 is 10.5 Å². The second-order valence-corrected chi connectivity index (χ2v) is 6.62. The van der Waals surface area contributed by atoms with Crippen LogP contribution in [0.25, 0.3) is 11.1 Å². The minimum Gasteiger partial charge on any atom is -0.444 e. The van der Waals surface area contributed by atoms with Gasteiger partial charge in [0.25, 0.3) is 0 Å². The van der Waals surface area contributed by atoms with E-state index in [0.29, 0.717) is 12.1 Å². The lowest BCUT2D eigenvalue weighted by Crippen LogP contribution is -2.27. The molecule has 0 atom stereocenters. The Kier molecular flexibility index (Phi) is 5.16. The molecule has 1 amide bonds. The van der Waals surface area contributed by atoms with Gasteiger partial charge >= 0.3 is 12.3 Å². The minimum atomic E-state index is -4.59. The van der Waals surface area contributed by atoms with Gasteiger partial charge in [0.1, 0.15) is 11.4 Å². The van der Waals surface area contributed by atoms with Crippen LogP contribution in [0, 0.1) is 5.82 Å². The number of ether oxygens (including phenoxy) is 1. The molecule has 0 aliphatic heterocycles. The van der Waals surface area contributed by atoms with E-state index < -0.39 is 29.3 Å². The van der Waals surface area contributed by atoms with Gasteiger partial charge in [-0.2, -0.15) is 13.2 Å². The monoisotopic (exact) mass is 370 g/mol. The summed E-state index contributed by atoms with van der Waals surface area (Å²) < 4.78 is 57.6. The van der Waals surface area contributed by atoms with Crippen LogP contribution in [0.5, 0.6) is 0 Å². The second kappa shape index (κ2) is 6.86. The van der Waals surface area contributed by atoms with Crippen LogP contribution >= 0.6 is 0 Å². The molecule has 0 aliphatic carbocycles. The van der Waals surface area contributed by atoms with Crippen LogP contribution in [0.15, 0.2) is 36.4 Å². The number of halogens is 4. The van der Waals surface area contributed by atoms with E-state index in [1.807, 2.05) is 0 Å². The van der Waals surface area contributed by atoms with Crippen LogP contribution < -0.4 is 11.1 Å². The van der Waals surface area contributed by atoms with Gasteiger partial charge in [0.2, 0.25) is 0 Å². The Bertz CT molecular complexity index is 827. The lowest BCUT2D eigenvalue weighted by Gasteiger charge is -2.20. The highest BCUT2D eigenvalue weighted by atomic mass is 19.4. The molecule has 4 nitrogen and oxygen atoms in total. The molecule has 2 rings (SSSR count). The Morgan fingerprint density at radius 2 is 1.73 bits per heavy atom. The standard InChI is InChI=1S/C18H18F4N2O2/c1-17(2,3)26-16(25)24-15-7-4-10(8-14(15)23)12-9-11(18(20,21)22)5-6-13(12)19/h4-9H,23H2,1-3H3,(H,24,25). The van der Waals surface area contributed by atoms with Crippen molar-refractivity contribution in [2.24, 2.45) is 0 Å². The van der Waals surface area contributed by atoms with Crippen molar-refractivity contribution in [1.82, 2.24) is 0 Å². The van der Waals surface area contributed by atoms with E-state index >= 15 is 0 Å². The Labute approximate surface area is 148 Å². The molecule has 0 fully saturated rings. The molecule has 0 saturated heterocycles. The lowest BCUT2D eigenvalue weighted by atomic mass is 10.0. The van der Waals surface area contributed by atoms with Crippen molar-refractivity contribution in [3.63, 3.8) is 0 Å². The molecular formula is C18H18F4N2O2. The number of anilines is 2. The van der Waals surface area contributed by atoms with E-state index in [9.17, 15) is 22.4 Å². The van der Waals surface area contributed by atoms with Crippen LogP contribution in [-0.2, 0) is 10.9 Å². The molecule has 3 N–H and O–H groups in total. The van der Waals surface area contributed by atoms with Gasteiger partial charge in [0.05, 0.1) is 16.9 Å². The number of alkyl halides is 3. The molecule has 8 heteroatoms. The number of rotatable bonds is 2. The lowest BCUT2D eigenvalue weighted by molar-refractivity contribution is -0.137. The third-order valence-corrected chi connectivity index (χ3v) is 3.29. The first-order valence-corrected chi connectivity index (χ1v) is 7.63. The van der Waals surface area contributed by atoms with Crippen molar-refractivity contribution in [3.8, 4) is 11.1 Å². The maximum absolute atomic E-state index is 14.0. The molecule has 0 radical (unpaired) electrons. The molecular weight excluding hydrogens is 352 g/mol. The van der Waals surface area contributed by atoms with Crippen LogP contribution in [0.4, 0.5) is 33.7 Å². The number of nitrogens with two attached hydrogens (primary N) is 1. The summed E-state index contributed by atoms with van der Waals surface area (Å²) in [4.78, 5) is 11.8. The molecule has 140 valence electrons. The number of carbonyl (C=O) groups is 1. The van der Waals surface area contributed by atoms with E-state index in [2.05, 4.69) is 5.32 Å². The van der Waals surface area contributed by atoms with Crippen molar-refractivity contribution < 1.29 is 27.1 Å². The summed E-state index contributed by atoms with van der Waals surface area (Å²) in [5.41, 5.74) is 4.33. The van der Waals surface area contributed by atoms with Crippen molar-refractivity contribution in [1.29, 1.82) is 0 Å².